The number of nitrogens with one attached hydrogen (secondary N) is 2. The lowest BCUT2D eigenvalue weighted by atomic mass is 10.1. The molecule has 1 aromatic carbocycles. The van der Waals surface area contributed by atoms with E-state index in [1.165, 1.54) is 16.2 Å². The highest BCUT2D eigenvalue weighted by Gasteiger charge is 2.28. The van der Waals surface area contributed by atoms with Crippen LogP contribution in [0.3, 0.4) is 0 Å². The molecular formula is C23H27BrN2O4S2. The molecule has 6 nitrogen and oxygen atoms in total. The van der Waals surface area contributed by atoms with E-state index in [9.17, 15) is 9.59 Å². The molecule has 0 spiro atoms. The van der Waals surface area contributed by atoms with Gasteiger partial charge in [0.2, 0.25) is 0 Å². The van der Waals surface area contributed by atoms with Gasteiger partial charge in [-0.15, -0.1) is 11.3 Å². The lowest BCUT2D eigenvalue weighted by Crippen LogP contribution is -2.34. The number of anilines is 1. The number of aryl methyl sites for hydroxylation is 1. The van der Waals surface area contributed by atoms with Crippen molar-refractivity contribution in [3.8, 4) is 5.75 Å². The Morgan fingerprint density at radius 2 is 2.06 bits per heavy atom. The van der Waals surface area contributed by atoms with Crippen LogP contribution in [0.25, 0.3) is 0 Å². The molecule has 1 aliphatic rings. The number of amides is 1. The van der Waals surface area contributed by atoms with E-state index in [2.05, 4.69) is 40.4 Å². The molecule has 0 fully saturated rings. The molecule has 0 radical (unpaired) electrons. The van der Waals surface area contributed by atoms with Gasteiger partial charge in [0.25, 0.3) is 5.91 Å². The fourth-order valence-corrected chi connectivity index (χ4v) is 5.42. The molecule has 0 unspecified atom stereocenters. The molecule has 3 rings (SSSR count). The highest BCUT2D eigenvalue weighted by Crippen LogP contribution is 2.39. The number of thiocarbonyl (C=S) groups is 1. The smallest absolute Gasteiger partial charge is 0.341 e. The van der Waals surface area contributed by atoms with E-state index in [0.717, 1.165) is 31.2 Å². The highest BCUT2D eigenvalue weighted by atomic mass is 79.9. The van der Waals surface area contributed by atoms with Gasteiger partial charge in [0.1, 0.15) is 10.8 Å². The number of thiophene rings is 1. The predicted molar refractivity (Wildman–Crippen MR) is 135 cm³/mol. The summed E-state index contributed by atoms with van der Waals surface area (Å²) in [5, 5.41) is 6.46. The van der Waals surface area contributed by atoms with E-state index >= 15 is 0 Å². The SMILES string of the molecule is CCOC(=O)c1c(NC(=S)NC(=O)c2ccc(OCCC(C)C)c(Br)c2)sc2c1CCC2. The van der Waals surface area contributed by atoms with Gasteiger partial charge in [-0.05, 0) is 90.4 Å². The van der Waals surface area contributed by atoms with Gasteiger partial charge in [-0.25, -0.2) is 4.79 Å². The number of hydrogen-bond donors (Lipinski definition) is 2. The van der Waals surface area contributed by atoms with Crippen LogP contribution in [0.1, 0.15) is 64.8 Å². The van der Waals surface area contributed by atoms with E-state index in [0.29, 0.717) is 45.5 Å². The summed E-state index contributed by atoms with van der Waals surface area (Å²) in [6.45, 7) is 6.98. The third-order valence-corrected chi connectivity index (χ3v) is 7.03. The zero-order valence-electron chi connectivity index (χ0n) is 18.4. The Morgan fingerprint density at radius 1 is 1.28 bits per heavy atom. The Bertz CT molecular complexity index is 1020. The molecule has 0 saturated carbocycles. The van der Waals surface area contributed by atoms with Crippen LogP contribution >= 0.6 is 39.5 Å². The second-order valence-corrected chi connectivity index (χ2v) is 10.2. The van der Waals surface area contributed by atoms with Crippen molar-refractivity contribution in [1.82, 2.24) is 5.32 Å². The van der Waals surface area contributed by atoms with Crippen molar-refractivity contribution >= 4 is 61.5 Å². The number of benzene rings is 1. The van der Waals surface area contributed by atoms with Gasteiger partial charge in [0.15, 0.2) is 5.11 Å². The quantitative estimate of drug-likeness (QED) is 0.330. The summed E-state index contributed by atoms with van der Waals surface area (Å²) < 4.78 is 11.7. The van der Waals surface area contributed by atoms with Crippen LogP contribution in [0.15, 0.2) is 22.7 Å². The molecular weight excluding hydrogens is 512 g/mol. The zero-order valence-corrected chi connectivity index (χ0v) is 21.6. The number of carbonyl (C=O) groups is 2. The molecule has 1 heterocycles. The van der Waals surface area contributed by atoms with Crippen LogP contribution in [0.4, 0.5) is 5.00 Å². The first-order valence-electron chi connectivity index (χ1n) is 10.7. The molecule has 1 amide bonds. The summed E-state index contributed by atoms with van der Waals surface area (Å²) in [5.41, 5.74) is 2.00. The normalized spacial score (nSPS) is 12.4. The van der Waals surface area contributed by atoms with Gasteiger partial charge >= 0.3 is 5.97 Å². The van der Waals surface area contributed by atoms with Crippen molar-refractivity contribution in [3.05, 3.63) is 44.2 Å². The van der Waals surface area contributed by atoms with Crippen LogP contribution in [0, 0.1) is 5.92 Å². The summed E-state index contributed by atoms with van der Waals surface area (Å²) in [6.07, 6.45) is 3.77. The van der Waals surface area contributed by atoms with Crippen molar-refractivity contribution in [2.45, 2.75) is 46.5 Å². The first kappa shape index (κ1) is 24.7. The van der Waals surface area contributed by atoms with Crippen molar-refractivity contribution in [1.29, 1.82) is 0 Å². The summed E-state index contributed by atoms with van der Waals surface area (Å²) in [4.78, 5) is 26.3. The third kappa shape index (κ3) is 6.08. The van der Waals surface area contributed by atoms with E-state index < -0.39 is 0 Å². The van der Waals surface area contributed by atoms with Crippen molar-refractivity contribution in [2.24, 2.45) is 5.92 Å². The monoisotopic (exact) mass is 538 g/mol. The first-order chi connectivity index (χ1) is 15.3. The number of esters is 1. The zero-order chi connectivity index (χ0) is 23.3. The Morgan fingerprint density at radius 3 is 2.75 bits per heavy atom. The summed E-state index contributed by atoms with van der Waals surface area (Å²) >= 11 is 10.3. The standard InChI is InChI=1S/C23H27BrN2O4S2/c1-4-29-22(28)19-15-6-5-7-18(15)32-21(19)26-23(31)25-20(27)14-8-9-17(16(24)12-14)30-11-10-13(2)3/h8-9,12-13H,4-7,10-11H2,1-3H3,(H2,25,26,27,31). The van der Waals surface area contributed by atoms with Crippen LogP contribution < -0.4 is 15.4 Å². The molecule has 1 aliphatic carbocycles. The topological polar surface area (TPSA) is 76.7 Å². The number of carbonyl (C=O) groups excluding carboxylic acids is 2. The van der Waals surface area contributed by atoms with Crippen LogP contribution in [-0.4, -0.2) is 30.2 Å². The van der Waals surface area contributed by atoms with Gasteiger partial charge in [0, 0.05) is 10.4 Å². The maximum atomic E-state index is 12.7. The second kappa shape index (κ2) is 11.2. The summed E-state index contributed by atoms with van der Waals surface area (Å²) in [7, 11) is 0. The van der Waals surface area contributed by atoms with Gasteiger partial charge < -0.3 is 14.8 Å². The minimum Gasteiger partial charge on any atom is -0.492 e. The molecule has 2 N–H and O–H groups in total. The number of rotatable bonds is 8. The van der Waals surface area contributed by atoms with Gasteiger partial charge in [-0.2, -0.15) is 0 Å². The maximum Gasteiger partial charge on any atom is 0.341 e. The third-order valence-electron chi connectivity index (χ3n) is 5.00. The van der Waals surface area contributed by atoms with Crippen LogP contribution in [0.2, 0.25) is 0 Å². The number of hydrogen-bond acceptors (Lipinski definition) is 6. The number of ether oxygens (including phenoxy) is 2. The average molecular weight is 540 g/mol. The molecule has 0 aliphatic heterocycles. The lowest BCUT2D eigenvalue weighted by molar-refractivity contribution is 0.0527. The Kier molecular flexibility index (Phi) is 8.67. The largest absolute Gasteiger partial charge is 0.492 e. The molecule has 172 valence electrons. The van der Waals surface area contributed by atoms with Gasteiger partial charge in [0.05, 0.1) is 23.2 Å². The Hall–Kier alpha value is -1.97. The molecule has 0 atom stereocenters. The molecule has 0 bridgehead atoms. The van der Waals surface area contributed by atoms with Crippen molar-refractivity contribution in [2.75, 3.05) is 18.5 Å². The minimum atomic E-state index is -0.361. The van der Waals surface area contributed by atoms with Crippen molar-refractivity contribution in [3.63, 3.8) is 0 Å². The van der Waals surface area contributed by atoms with Crippen molar-refractivity contribution < 1.29 is 19.1 Å². The fraction of sp³-hybridized carbons (Fsp3) is 0.435. The van der Waals surface area contributed by atoms with E-state index in [-0.39, 0.29) is 17.0 Å². The Balaban J connectivity index is 1.65. The molecule has 0 saturated heterocycles. The lowest BCUT2D eigenvalue weighted by Gasteiger charge is -2.12. The van der Waals surface area contributed by atoms with Crippen LogP contribution in [0.5, 0.6) is 5.75 Å². The van der Waals surface area contributed by atoms with E-state index in [4.69, 9.17) is 21.7 Å². The predicted octanol–water partition coefficient (Wildman–Crippen LogP) is 5.73. The highest BCUT2D eigenvalue weighted by molar-refractivity contribution is 9.10. The Labute approximate surface area is 206 Å². The number of fused-ring (bicyclic) bond motifs is 1. The van der Waals surface area contributed by atoms with E-state index in [1.54, 1.807) is 25.1 Å². The second-order valence-electron chi connectivity index (χ2n) is 7.87. The molecule has 9 heteroatoms. The maximum absolute atomic E-state index is 12.7. The molecule has 32 heavy (non-hydrogen) atoms. The molecule has 2 aromatic rings. The average Bonchev–Trinajstić information content (AvgIpc) is 3.29. The number of halogens is 1. The summed E-state index contributed by atoms with van der Waals surface area (Å²) in [5.74, 6) is 0.538. The van der Waals surface area contributed by atoms with E-state index in [1.807, 2.05) is 0 Å². The van der Waals surface area contributed by atoms with Crippen LogP contribution in [-0.2, 0) is 17.6 Å². The first-order valence-corrected chi connectivity index (χ1v) is 12.7. The van der Waals surface area contributed by atoms with Gasteiger partial charge in [-0.1, -0.05) is 13.8 Å². The summed E-state index contributed by atoms with van der Waals surface area (Å²) in [6, 6.07) is 5.15. The minimum absolute atomic E-state index is 0.133. The fourth-order valence-electron chi connectivity index (χ4n) is 3.38. The van der Waals surface area contributed by atoms with Gasteiger partial charge in [-0.3, -0.25) is 10.1 Å². The molecule has 1 aromatic heterocycles.